The van der Waals surface area contributed by atoms with Crippen molar-refractivity contribution in [3.8, 4) is 0 Å². The summed E-state index contributed by atoms with van der Waals surface area (Å²) >= 11 is 1.83. The minimum absolute atomic E-state index is 0.0961. The highest BCUT2D eigenvalue weighted by atomic mass is 32.2. The van der Waals surface area contributed by atoms with Crippen molar-refractivity contribution in [2.24, 2.45) is 0 Å². The molecule has 1 rings (SSSR count). The maximum atomic E-state index is 11.2. The molecule has 1 fully saturated rings. The number of hydrogen-bond acceptors (Lipinski definition) is 4. The Labute approximate surface area is 83.6 Å². The number of hydrogen-bond donors (Lipinski definition) is 1. The summed E-state index contributed by atoms with van der Waals surface area (Å²) in [5.41, 5.74) is 0. The van der Waals surface area contributed by atoms with E-state index in [9.17, 15) is 4.79 Å². The van der Waals surface area contributed by atoms with Gasteiger partial charge in [-0.1, -0.05) is 13.8 Å². The quantitative estimate of drug-likeness (QED) is 0.703. The van der Waals surface area contributed by atoms with Gasteiger partial charge in [-0.3, -0.25) is 10.1 Å². The van der Waals surface area contributed by atoms with Crippen molar-refractivity contribution in [2.75, 3.05) is 12.9 Å². The molecule has 1 aliphatic rings. The molecular formula is C9H17NO2S. The lowest BCUT2D eigenvalue weighted by Gasteiger charge is -2.26. The summed E-state index contributed by atoms with van der Waals surface area (Å²) in [6, 6.07) is -0.116. The van der Waals surface area contributed by atoms with Crippen LogP contribution in [0.25, 0.3) is 0 Å². The predicted octanol–water partition coefficient (Wildman–Crippen LogP) is 1.38. The molecule has 0 aromatic carbocycles. The molecule has 4 heteroatoms. The SMILES string of the molecule is CCC1(CC)N[C@@H](C(=O)OC)CS1. The summed E-state index contributed by atoms with van der Waals surface area (Å²) in [5, 5.41) is 3.34. The number of carbonyl (C=O) groups is 1. The molecule has 0 spiro atoms. The van der Waals surface area contributed by atoms with Gasteiger partial charge in [0.25, 0.3) is 0 Å². The van der Waals surface area contributed by atoms with Crippen molar-refractivity contribution >= 4 is 17.7 Å². The van der Waals surface area contributed by atoms with Gasteiger partial charge in [0.2, 0.25) is 0 Å². The highest BCUT2D eigenvalue weighted by Crippen LogP contribution is 2.36. The number of nitrogens with one attached hydrogen (secondary N) is 1. The molecule has 1 N–H and O–H groups in total. The van der Waals surface area contributed by atoms with E-state index in [-0.39, 0.29) is 16.9 Å². The van der Waals surface area contributed by atoms with E-state index in [4.69, 9.17) is 4.74 Å². The highest BCUT2D eigenvalue weighted by molar-refractivity contribution is 8.00. The van der Waals surface area contributed by atoms with Crippen LogP contribution >= 0.6 is 11.8 Å². The lowest BCUT2D eigenvalue weighted by atomic mass is 10.1. The van der Waals surface area contributed by atoms with Crippen molar-refractivity contribution in [3.05, 3.63) is 0 Å². The minimum Gasteiger partial charge on any atom is -0.468 e. The van der Waals surface area contributed by atoms with E-state index >= 15 is 0 Å². The number of rotatable bonds is 3. The summed E-state index contributed by atoms with van der Waals surface area (Å²) < 4.78 is 4.70. The van der Waals surface area contributed by atoms with Crippen molar-refractivity contribution in [1.29, 1.82) is 0 Å². The van der Waals surface area contributed by atoms with Gasteiger partial charge in [-0.05, 0) is 12.8 Å². The normalized spacial score (nSPS) is 25.9. The first kappa shape index (κ1) is 10.9. The molecule has 0 aromatic rings. The van der Waals surface area contributed by atoms with E-state index in [0.717, 1.165) is 18.6 Å². The topological polar surface area (TPSA) is 38.3 Å². The summed E-state index contributed by atoms with van der Waals surface area (Å²) in [4.78, 5) is 11.3. The minimum atomic E-state index is -0.142. The van der Waals surface area contributed by atoms with Crippen molar-refractivity contribution < 1.29 is 9.53 Å². The molecule has 0 saturated carbocycles. The van der Waals surface area contributed by atoms with Crippen molar-refractivity contribution in [1.82, 2.24) is 5.32 Å². The fourth-order valence-corrected chi connectivity index (χ4v) is 2.91. The van der Waals surface area contributed by atoms with Gasteiger partial charge < -0.3 is 4.74 Å². The summed E-state index contributed by atoms with van der Waals surface area (Å²) in [6.45, 7) is 4.28. The van der Waals surface area contributed by atoms with Crippen LogP contribution in [0.1, 0.15) is 26.7 Å². The summed E-state index contributed by atoms with van der Waals surface area (Å²) in [6.07, 6.45) is 2.09. The van der Waals surface area contributed by atoms with Gasteiger partial charge in [0.05, 0.1) is 12.0 Å². The first-order chi connectivity index (χ1) is 6.17. The van der Waals surface area contributed by atoms with Crippen LogP contribution in [0.3, 0.4) is 0 Å². The van der Waals surface area contributed by atoms with E-state index < -0.39 is 0 Å². The zero-order valence-corrected chi connectivity index (χ0v) is 9.24. The molecule has 0 amide bonds. The molecule has 3 nitrogen and oxygen atoms in total. The molecular weight excluding hydrogens is 186 g/mol. The lowest BCUT2D eigenvalue weighted by Crippen LogP contribution is -2.44. The van der Waals surface area contributed by atoms with Crippen molar-refractivity contribution in [2.45, 2.75) is 37.6 Å². The Morgan fingerprint density at radius 3 is 2.62 bits per heavy atom. The maximum absolute atomic E-state index is 11.2. The van der Waals surface area contributed by atoms with Gasteiger partial charge in [0.15, 0.2) is 0 Å². The Kier molecular flexibility index (Phi) is 3.62. The third-order valence-corrected chi connectivity index (χ3v) is 4.34. The van der Waals surface area contributed by atoms with Crippen LogP contribution in [-0.4, -0.2) is 29.7 Å². The first-order valence-electron chi connectivity index (χ1n) is 4.67. The predicted molar refractivity (Wildman–Crippen MR) is 54.7 cm³/mol. The molecule has 13 heavy (non-hydrogen) atoms. The largest absolute Gasteiger partial charge is 0.468 e. The first-order valence-corrected chi connectivity index (χ1v) is 5.65. The zero-order chi connectivity index (χ0) is 9.90. The van der Waals surface area contributed by atoms with Gasteiger partial charge in [-0.15, -0.1) is 11.8 Å². The highest BCUT2D eigenvalue weighted by Gasteiger charge is 2.39. The van der Waals surface area contributed by atoms with Crippen molar-refractivity contribution in [3.63, 3.8) is 0 Å². The Morgan fingerprint density at radius 2 is 2.23 bits per heavy atom. The lowest BCUT2D eigenvalue weighted by molar-refractivity contribution is -0.142. The Hall–Kier alpha value is -0.220. The van der Waals surface area contributed by atoms with Crippen LogP contribution < -0.4 is 5.32 Å². The molecule has 0 unspecified atom stereocenters. The molecule has 1 heterocycles. The summed E-state index contributed by atoms with van der Waals surface area (Å²) in [5.74, 6) is 0.685. The third kappa shape index (κ3) is 2.17. The number of ether oxygens (including phenoxy) is 1. The fraction of sp³-hybridized carbons (Fsp3) is 0.889. The average molecular weight is 203 g/mol. The molecule has 1 atom stereocenters. The van der Waals surface area contributed by atoms with Gasteiger partial charge in [0.1, 0.15) is 6.04 Å². The zero-order valence-electron chi connectivity index (χ0n) is 8.42. The number of carbonyl (C=O) groups excluding carboxylic acids is 1. The fourth-order valence-electron chi connectivity index (χ4n) is 1.57. The molecule has 0 radical (unpaired) electrons. The van der Waals surface area contributed by atoms with Crippen LogP contribution in [0.4, 0.5) is 0 Å². The third-order valence-electron chi connectivity index (χ3n) is 2.59. The Morgan fingerprint density at radius 1 is 1.62 bits per heavy atom. The number of methoxy groups -OCH3 is 1. The molecule has 0 aromatic heterocycles. The monoisotopic (exact) mass is 203 g/mol. The van der Waals surface area contributed by atoms with Gasteiger partial charge in [-0.25, -0.2) is 0 Å². The maximum Gasteiger partial charge on any atom is 0.323 e. The second-order valence-electron chi connectivity index (χ2n) is 3.23. The van der Waals surface area contributed by atoms with Crippen LogP contribution in [0.2, 0.25) is 0 Å². The average Bonchev–Trinajstić information content (AvgIpc) is 2.61. The molecule has 1 saturated heterocycles. The summed E-state index contributed by atoms with van der Waals surface area (Å²) in [7, 11) is 1.44. The molecule has 76 valence electrons. The smallest absolute Gasteiger partial charge is 0.323 e. The second kappa shape index (κ2) is 4.33. The second-order valence-corrected chi connectivity index (χ2v) is 4.64. The van der Waals surface area contributed by atoms with Crippen LogP contribution in [0.5, 0.6) is 0 Å². The molecule has 0 aliphatic carbocycles. The van der Waals surface area contributed by atoms with E-state index in [2.05, 4.69) is 19.2 Å². The van der Waals surface area contributed by atoms with Crippen LogP contribution in [0.15, 0.2) is 0 Å². The van der Waals surface area contributed by atoms with Crippen LogP contribution in [-0.2, 0) is 9.53 Å². The van der Waals surface area contributed by atoms with E-state index in [1.807, 2.05) is 11.8 Å². The van der Waals surface area contributed by atoms with Gasteiger partial charge in [0, 0.05) is 5.75 Å². The molecule has 1 aliphatic heterocycles. The van der Waals surface area contributed by atoms with E-state index in [0.29, 0.717) is 0 Å². The van der Waals surface area contributed by atoms with E-state index in [1.54, 1.807) is 0 Å². The van der Waals surface area contributed by atoms with E-state index in [1.165, 1.54) is 7.11 Å². The Balaban J connectivity index is 2.56. The van der Waals surface area contributed by atoms with Gasteiger partial charge >= 0.3 is 5.97 Å². The number of esters is 1. The van der Waals surface area contributed by atoms with Gasteiger partial charge in [-0.2, -0.15) is 0 Å². The standard InChI is InChI=1S/C9H17NO2S/c1-4-9(5-2)10-7(6-13-9)8(11)12-3/h7,10H,4-6H2,1-3H3/t7-/m1/s1. The molecule has 0 bridgehead atoms. The number of thioether (sulfide) groups is 1. The Bertz CT molecular complexity index is 192. The van der Waals surface area contributed by atoms with Crippen LogP contribution in [0, 0.1) is 0 Å².